The summed E-state index contributed by atoms with van der Waals surface area (Å²) in [5.74, 6) is -3.25. The number of ether oxygens (including phenoxy) is 5. The Labute approximate surface area is 185 Å². The summed E-state index contributed by atoms with van der Waals surface area (Å²) >= 11 is 6.06. The van der Waals surface area contributed by atoms with Crippen molar-refractivity contribution in [1.29, 1.82) is 0 Å². The zero-order valence-electron chi connectivity index (χ0n) is 17.4. The maximum atomic E-state index is 12.5. The Balaban J connectivity index is 2.18. The van der Waals surface area contributed by atoms with Crippen LogP contribution in [-0.4, -0.2) is 74.9 Å². The Morgan fingerprint density at radius 3 is 2.12 bits per heavy atom. The molecule has 0 saturated carbocycles. The molecule has 14 heteroatoms. The van der Waals surface area contributed by atoms with Crippen molar-refractivity contribution < 1.29 is 42.9 Å². The molecule has 0 amide bonds. The van der Waals surface area contributed by atoms with Gasteiger partial charge in [-0.3, -0.25) is 19.0 Å². The second-order valence-corrected chi connectivity index (χ2v) is 7.04. The molecule has 32 heavy (non-hydrogen) atoms. The number of hydrogen-bond donors (Lipinski definition) is 0. The van der Waals surface area contributed by atoms with E-state index in [-0.39, 0.29) is 16.3 Å². The molecule has 13 nitrogen and oxygen atoms in total. The van der Waals surface area contributed by atoms with Crippen LogP contribution in [0.2, 0.25) is 5.15 Å². The molecule has 172 valence electrons. The van der Waals surface area contributed by atoms with Gasteiger partial charge in [0.25, 0.3) is 0 Å². The van der Waals surface area contributed by atoms with E-state index in [0.717, 1.165) is 27.9 Å². The van der Waals surface area contributed by atoms with E-state index in [2.05, 4.69) is 15.0 Å². The van der Waals surface area contributed by atoms with Gasteiger partial charge in [0.1, 0.15) is 11.8 Å². The molecule has 1 saturated heterocycles. The van der Waals surface area contributed by atoms with E-state index >= 15 is 0 Å². The smallest absolute Gasteiger partial charge is 0.339 e. The van der Waals surface area contributed by atoms with Gasteiger partial charge in [0.05, 0.1) is 13.4 Å². The molecule has 3 heterocycles. The fourth-order valence-electron chi connectivity index (χ4n) is 3.33. The van der Waals surface area contributed by atoms with Crippen LogP contribution in [0.15, 0.2) is 12.7 Å². The van der Waals surface area contributed by atoms with E-state index in [1.807, 2.05) is 0 Å². The molecule has 2 aromatic rings. The van der Waals surface area contributed by atoms with Gasteiger partial charge in [0.2, 0.25) is 0 Å². The van der Waals surface area contributed by atoms with Gasteiger partial charge in [-0.15, -0.1) is 0 Å². The molecule has 0 unspecified atom stereocenters. The van der Waals surface area contributed by atoms with Crippen LogP contribution in [0, 0.1) is 0 Å². The van der Waals surface area contributed by atoms with Gasteiger partial charge < -0.3 is 23.7 Å². The normalized spacial score (nSPS) is 25.1. The topological polar surface area (TPSA) is 158 Å². The van der Waals surface area contributed by atoms with Gasteiger partial charge in [-0.25, -0.2) is 19.7 Å². The van der Waals surface area contributed by atoms with Crippen molar-refractivity contribution in [3.05, 3.63) is 17.8 Å². The molecular weight excluding hydrogens is 452 g/mol. The van der Waals surface area contributed by atoms with Gasteiger partial charge in [-0.2, -0.15) is 0 Å². The molecule has 0 bridgehead atoms. The van der Waals surface area contributed by atoms with Crippen molar-refractivity contribution in [3.63, 3.8) is 0 Å². The highest BCUT2D eigenvalue weighted by Gasteiger charge is 2.55. The highest BCUT2D eigenvalue weighted by molar-refractivity contribution is 6.33. The van der Waals surface area contributed by atoms with Crippen LogP contribution < -0.4 is 0 Å². The monoisotopic (exact) mass is 470 g/mol. The van der Waals surface area contributed by atoms with Gasteiger partial charge in [-0.05, 0) is 0 Å². The van der Waals surface area contributed by atoms with E-state index in [9.17, 15) is 19.2 Å². The Morgan fingerprint density at radius 1 is 0.938 bits per heavy atom. The molecule has 0 spiro atoms. The lowest BCUT2D eigenvalue weighted by atomic mass is 9.96. The molecule has 0 N–H and O–H groups in total. The summed E-state index contributed by atoms with van der Waals surface area (Å²) in [7, 11) is 1.10. The van der Waals surface area contributed by atoms with Gasteiger partial charge in [0.15, 0.2) is 41.4 Å². The summed E-state index contributed by atoms with van der Waals surface area (Å²) in [5.41, 5.74) is 0.392. The molecule has 0 aliphatic carbocycles. The average molecular weight is 471 g/mol. The minimum Gasteiger partial charge on any atom is -0.467 e. The lowest BCUT2D eigenvalue weighted by Crippen LogP contribution is -2.61. The van der Waals surface area contributed by atoms with Crippen molar-refractivity contribution in [2.24, 2.45) is 0 Å². The van der Waals surface area contributed by atoms with E-state index in [1.54, 1.807) is 0 Å². The zero-order valence-corrected chi connectivity index (χ0v) is 18.1. The van der Waals surface area contributed by atoms with Crippen LogP contribution in [0.1, 0.15) is 27.0 Å². The van der Waals surface area contributed by atoms with Crippen molar-refractivity contribution in [2.75, 3.05) is 7.11 Å². The standard InChI is InChI=1S/C18H19ClN4O9/c1-7(24)29-11-12(30-8(2)25)14(18(27)28-4)32-17(13(11)31-9(3)26)23-6-22-10-15(19)20-5-21-16(10)23/h5-6,11-14,17H,1-4H3/t11-,12-,13+,14-,17+/m0/s1. The number of nitrogens with zero attached hydrogens (tertiary/aromatic N) is 4. The van der Waals surface area contributed by atoms with Gasteiger partial charge in [-0.1, -0.05) is 11.6 Å². The fraction of sp³-hybridized carbons (Fsp3) is 0.500. The lowest BCUT2D eigenvalue weighted by molar-refractivity contribution is -0.262. The van der Waals surface area contributed by atoms with E-state index in [4.69, 9.17) is 35.3 Å². The number of hydrogen-bond acceptors (Lipinski definition) is 12. The number of imidazole rings is 1. The van der Waals surface area contributed by atoms with Crippen molar-refractivity contribution in [2.45, 2.75) is 51.4 Å². The number of aromatic nitrogens is 4. The Hall–Kier alpha value is -3.32. The first-order valence-electron chi connectivity index (χ1n) is 9.22. The molecule has 0 radical (unpaired) electrons. The van der Waals surface area contributed by atoms with E-state index in [1.165, 1.54) is 17.2 Å². The molecule has 5 atom stereocenters. The number of carbonyl (C=O) groups excluding carboxylic acids is 4. The predicted octanol–water partition coefficient (Wildman–Crippen LogP) is 0.345. The van der Waals surface area contributed by atoms with Crippen LogP contribution in [0.5, 0.6) is 0 Å². The zero-order chi connectivity index (χ0) is 23.6. The second kappa shape index (κ2) is 9.44. The highest BCUT2D eigenvalue weighted by Crippen LogP contribution is 2.36. The molecule has 2 aromatic heterocycles. The number of carbonyl (C=O) groups is 4. The lowest BCUT2D eigenvalue weighted by Gasteiger charge is -2.43. The van der Waals surface area contributed by atoms with Crippen LogP contribution in [0.4, 0.5) is 0 Å². The first kappa shape index (κ1) is 23.3. The highest BCUT2D eigenvalue weighted by atomic mass is 35.5. The van der Waals surface area contributed by atoms with Crippen LogP contribution in [-0.2, 0) is 42.9 Å². The summed E-state index contributed by atoms with van der Waals surface area (Å²) in [4.78, 5) is 60.0. The number of halogens is 1. The van der Waals surface area contributed by atoms with Crippen LogP contribution in [0.3, 0.4) is 0 Å². The van der Waals surface area contributed by atoms with Gasteiger partial charge in [0, 0.05) is 20.8 Å². The largest absolute Gasteiger partial charge is 0.467 e. The van der Waals surface area contributed by atoms with Crippen molar-refractivity contribution in [3.8, 4) is 0 Å². The number of esters is 4. The van der Waals surface area contributed by atoms with E-state index < -0.39 is 54.5 Å². The van der Waals surface area contributed by atoms with Crippen LogP contribution in [0.25, 0.3) is 11.2 Å². The van der Waals surface area contributed by atoms with Crippen molar-refractivity contribution >= 4 is 46.6 Å². The summed E-state index contributed by atoms with van der Waals surface area (Å²) in [5, 5.41) is 0.0486. The number of methoxy groups -OCH3 is 1. The van der Waals surface area contributed by atoms with Crippen molar-refractivity contribution in [1.82, 2.24) is 19.5 Å². The minimum absolute atomic E-state index is 0.0486. The molecular formula is C18H19ClN4O9. The maximum absolute atomic E-state index is 12.5. The third kappa shape index (κ3) is 4.62. The summed E-state index contributed by atoms with van der Waals surface area (Å²) in [6.07, 6.45) is -4.66. The predicted molar refractivity (Wildman–Crippen MR) is 103 cm³/mol. The summed E-state index contributed by atoms with van der Waals surface area (Å²) in [6, 6.07) is 0. The molecule has 1 fully saturated rings. The maximum Gasteiger partial charge on any atom is 0.339 e. The molecule has 3 rings (SSSR count). The summed E-state index contributed by atoms with van der Waals surface area (Å²) in [6.45, 7) is 3.32. The first-order valence-corrected chi connectivity index (χ1v) is 9.59. The molecule has 1 aliphatic rings. The minimum atomic E-state index is -1.54. The third-order valence-electron chi connectivity index (χ3n) is 4.44. The average Bonchev–Trinajstić information content (AvgIpc) is 3.14. The number of rotatable bonds is 5. The second-order valence-electron chi connectivity index (χ2n) is 6.68. The first-order chi connectivity index (χ1) is 15.1. The Kier molecular flexibility index (Phi) is 6.89. The molecule has 1 aliphatic heterocycles. The third-order valence-corrected chi connectivity index (χ3v) is 4.72. The Morgan fingerprint density at radius 2 is 1.53 bits per heavy atom. The summed E-state index contributed by atoms with van der Waals surface area (Å²) < 4.78 is 27.9. The van der Waals surface area contributed by atoms with Crippen LogP contribution >= 0.6 is 11.6 Å². The quantitative estimate of drug-likeness (QED) is 0.335. The fourth-order valence-corrected chi connectivity index (χ4v) is 3.51. The van der Waals surface area contributed by atoms with E-state index in [0.29, 0.717) is 0 Å². The molecule has 0 aromatic carbocycles. The van der Waals surface area contributed by atoms with Gasteiger partial charge >= 0.3 is 23.9 Å². The Bertz CT molecular complexity index is 1060. The number of fused-ring (bicyclic) bond motifs is 1. The SMILES string of the molecule is COC(=O)[C@H]1O[C@@H](n2cnc3c(Cl)ncnc32)[C@H](OC(C)=O)[C@@H](OC(C)=O)[C@@H]1OC(C)=O.